The Morgan fingerprint density at radius 2 is 2.31 bits per heavy atom. The molecule has 0 amide bonds. The summed E-state index contributed by atoms with van der Waals surface area (Å²) in [5.74, 6) is 0. The summed E-state index contributed by atoms with van der Waals surface area (Å²) < 4.78 is 0. The predicted octanol–water partition coefficient (Wildman–Crippen LogP) is 1.15. The van der Waals surface area contributed by atoms with Gasteiger partial charge in [-0.15, -0.1) is 0 Å². The highest BCUT2D eigenvalue weighted by molar-refractivity contribution is 5.71. The first-order valence-corrected chi connectivity index (χ1v) is 3.99. The summed E-state index contributed by atoms with van der Waals surface area (Å²) in [6.07, 6.45) is 0.830. The Labute approximate surface area is 74.7 Å². The van der Waals surface area contributed by atoms with Gasteiger partial charge in [0.25, 0.3) is 5.69 Å². The molecule has 3 N–H and O–H groups in total. The van der Waals surface area contributed by atoms with Crippen molar-refractivity contribution in [2.45, 2.75) is 6.42 Å². The number of nitrogens with two attached hydrogens (primary N) is 1. The lowest BCUT2D eigenvalue weighted by molar-refractivity contribution is -0.383. The number of nitro benzene ring substituents is 1. The van der Waals surface area contributed by atoms with Gasteiger partial charge in [-0.2, -0.15) is 0 Å². The van der Waals surface area contributed by atoms with E-state index in [1.165, 1.54) is 0 Å². The Morgan fingerprint density at radius 1 is 1.54 bits per heavy atom. The van der Waals surface area contributed by atoms with Gasteiger partial charge in [-0.25, -0.2) is 0 Å². The second-order valence-electron chi connectivity index (χ2n) is 3.00. The summed E-state index contributed by atoms with van der Waals surface area (Å²) in [5.41, 5.74) is 7.63. The topological polar surface area (TPSA) is 81.2 Å². The van der Waals surface area contributed by atoms with E-state index in [1.54, 1.807) is 12.1 Å². The van der Waals surface area contributed by atoms with Gasteiger partial charge in [0.05, 0.1) is 4.92 Å². The van der Waals surface area contributed by atoms with Gasteiger partial charge in [-0.1, -0.05) is 0 Å². The number of nitrogen functional groups attached to an aromatic ring is 1. The fourth-order valence-corrected chi connectivity index (χ4v) is 1.51. The van der Waals surface area contributed by atoms with E-state index in [2.05, 4.69) is 5.32 Å². The van der Waals surface area contributed by atoms with Crippen molar-refractivity contribution >= 4 is 17.1 Å². The van der Waals surface area contributed by atoms with Gasteiger partial charge >= 0.3 is 0 Å². The van der Waals surface area contributed by atoms with E-state index in [0.29, 0.717) is 0 Å². The van der Waals surface area contributed by atoms with Crippen LogP contribution in [0.5, 0.6) is 0 Å². The van der Waals surface area contributed by atoms with Crippen molar-refractivity contribution in [1.82, 2.24) is 0 Å². The molecule has 1 aromatic rings. The summed E-state index contributed by atoms with van der Waals surface area (Å²) in [4.78, 5) is 10.1. The van der Waals surface area contributed by atoms with Crippen LogP contribution in [0.4, 0.5) is 17.1 Å². The largest absolute Gasteiger partial charge is 0.393 e. The third kappa shape index (κ3) is 1.18. The second-order valence-corrected chi connectivity index (χ2v) is 3.00. The average Bonchev–Trinajstić information content (AvgIpc) is 2.48. The van der Waals surface area contributed by atoms with Gasteiger partial charge in [-0.3, -0.25) is 10.1 Å². The minimum Gasteiger partial charge on any atom is -0.393 e. The van der Waals surface area contributed by atoms with Crippen LogP contribution in [-0.2, 0) is 6.42 Å². The van der Waals surface area contributed by atoms with Crippen LogP contribution >= 0.6 is 0 Å². The van der Waals surface area contributed by atoms with Gasteiger partial charge in [0.2, 0.25) is 0 Å². The van der Waals surface area contributed by atoms with Crippen molar-refractivity contribution in [1.29, 1.82) is 0 Å². The minimum absolute atomic E-state index is 0.00227. The van der Waals surface area contributed by atoms with E-state index >= 15 is 0 Å². The highest BCUT2D eigenvalue weighted by atomic mass is 16.6. The Kier molecular flexibility index (Phi) is 1.58. The maximum absolute atomic E-state index is 10.5. The monoisotopic (exact) mass is 179 g/mol. The number of nitrogens with one attached hydrogen (secondary N) is 1. The fourth-order valence-electron chi connectivity index (χ4n) is 1.51. The molecular formula is C8H9N3O2. The molecular weight excluding hydrogens is 170 g/mol. The molecule has 5 nitrogen and oxygen atoms in total. The normalized spacial score (nSPS) is 13.5. The van der Waals surface area contributed by atoms with E-state index in [-0.39, 0.29) is 11.4 Å². The molecule has 0 bridgehead atoms. The third-order valence-electron chi connectivity index (χ3n) is 2.16. The van der Waals surface area contributed by atoms with Gasteiger partial charge < -0.3 is 11.1 Å². The first kappa shape index (κ1) is 7.85. The Bertz CT molecular complexity index is 376. The Hall–Kier alpha value is -1.78. The quantitative estimate of drug-likeness (QED) is 0.385. The molecule has 0 aliphatic carbocycles. The molecule has 1 aliphatic heterocycles. The maximum Gasteiger partial charge on any atom is 0.292 e. The van der Waals surface area contributed by atoms with Crippen LogP contribution in [0.25, 0.3) is 0 Å². The van der Waals surface area contributed by atoms with Crippen molar-refractivity contribution in [3.63, 3.8) is 0 Å². The zero-order valence-electron chi connectivity index (χ0n) is 6.91. The fraction of sp³-hybridized carbons (Fsp3) is 0.250. The molecule has 2 rings (SSSR count). The highest BCUT2D eigenvalue weighted by Crippen LogP contribution is 2.31. The number of nitro groups is 1. The molecule has 1 heterocycles. The Morgan fingerprint density at radius 3 is 3.00 bits per heavy atom. The highest BCUT2D eigenvalue weighted by Gasteiger charge is 2.18. The number of anilines is 2. The van der Waals surface area contributed by atoms with Crippen LogP contribution < -0.4 is 11.1 Å². The summed E-state index contributed by atoms with van der Waals surface area (Å²) in [7, 11) is 0. The van der Waals surface area contributed by atoms with Crippen LogP contribution in [0, 0.1) is 10.1 Å². The van der Waals surface area contributed by atoms with E-state index in [9.17, 15) is 10.1 Å². The second kappa shape index (κ2) is 2.62. The molecule has 5 heteroatoms. The zero-order chi connectivity index (χ0) is 9.42. The number of hydrogen-bond donors (Lipinski definition) is 2. The number of nitrogens with zero attached hydrogens (tertiary/aromatic N) is 1. The number of fused-ring (bicyclic) bond motifs is 1. The molecule has 0 aromatic heterocycles. The summed E-state index contributed by atoms with van der Waals surface area (Å²) >= 11 is 0. The number of rotatable bonds is 1. The lowest BCUT2D eigenvalue weighted by Gasteiger charge is -2.01. The molecule has 0 saturated carbocycles. The predicted molar refractivity (Wildman–Crippen MR) is 49.7 cm³/mol. The van der Waals surface area contributed by atoms with Gasteiger partial charge in [-0.05, 0) is 18.1 Å². The minimum atomic E-state index is -0.450. The standard InChI is InChI=1S/C8H9N3O2/c9-6-4-7-5(1-2-10-7)3-8(6)11(12)13/h3-4,10H,1-2,9H2. The molecule has 0 spiro atoms. The molecule has 0 unspecified atom stereocenters. The van der Waals surface area contributed by atoms with Crippen LogP contribution in [-0.4, -0.2) is 11.5 Å². The number of benzene rings is 1. The first-order valence-electron chi connectivity index (χ1n) is 3.99. The average molecular weight is 179 g/mol. The van der Waals surface area contributed by atoms with Crippen LogP contribution in [0.15, 0.2) is 12.1 Å². The van der Waals surface area contributed by atoms with E-state index in [4.69, 9.17) is 5.73 Å². The van der Waals surface area contributed by atoms with Gasteiger partial charge in [0, 0.05) is 18.3 Å². The maximum atomic E-state index is 10.5. The van der Waals surface area contributed by atoms with E-state index < -0.39 is 4.92 Å². The van der Waals surface area contributed by atoms with Crippen molar-refractivity contribution in [2.24, 2.45) is 0 Å². The van der Waals surface area contributed by atoms with Crippen molar-refractivity contribution in [3.8, 4) is 0 Å². The lowest BCUT2D eigenvalue weighted by atomic mass is 10.1. The van der Waals surface area contributed by atoms with Crippen molar-refractivity contribution < 1.29 is 4.92 Å². The summed E-state index contributed by atoms with van der Waals surface area (Å²) in [6.45, 7) is 0.829. The van der Waals surface area contributed by atoms with Gasteiger partial charge in [0.15, 0.2) is 0 Å². The molecule has 0 atom stereocenters. The first-order chi connectivity index (χ1) is 6.18. The lowest BCUT2D eigenvalue weighted by Crippen LogP contribution is -1.97. The van der Waals surface area contributed by atoms with E-state index in [1.807, 2.05) is 0 Å². The molecule has 68 valence electrons. The summed E-state index contributed by atoms with van der Waals surface area (Å²) in [6, 6.07) is 3.17. The molecule has 1 aliphatic rings. The third-order valence-corrected chi connectivity index (χ3v) is 2.16. The molecule has 13 heavy (non-hydrogen) atoms. The van der Waals surface area contributed by atoms with Crippen LogP contribution in [0.3, 0.4) is 0 Å². The van der Waals surface area contributed by atoms with E-state index in [0.717, 1.165) is 24.2 Å². The molecule has 0 saturated heterocycles. The molecule has 1 aromatic carbocycles. The smallest absolute Gasteiger partial charge is 0.292 e. The van der Waals surface area contributed by atoms with Crippen molar-refractivity contribution in [2.75, 3.05) is 17.6 Å². The SMILES string of the molecule is Nc1cc2c(cc1[N+](=O)[O-])CCN2. The number of hydrogen-bond acceptors (Lipinski definition) is 4. The Balaban J connectivity index is 2.55. The van der Waals surface area contributed by atoms with Gasteiger partial charge in [0.1, 0.15) is 5.69 Å². The molecule has 0 fully saturated rings. The van der Waals surface area contributed by atoms with Crippen LogP contribution in [0.1, 0.15) is 5.56 Å². The molecule has 0 radical (unpaired) electrons. The summed E-state index contributed by atoms with van der Waals surface area (Å²) in [5, 5.41) is 13.6. The van der Waals surface area contributed by atoms with Crippen molar-refractivity contribution in [3.05, 3.63) is 27.8 Å². The zero-order valence-corrected chi connectivity index (χ0v) is 6.91. The van der Waals surface area contributed by atoms with Crippen LogP contribution in [0.2, 0.25) is 0 Å².